The van der Waals surface area contributed by atoms with Crippen LogP contribution in [0.3, 0.4) is 0 Å². The maximum atomic E-state index is 11.6. The van der Waals surface area contributed by atoms with E-state index in [2.05, 4.69) is 9.46 Å². The third-order valence-electron chi connectivity index (χ3n) is 2.14. The predicted octanol–water partition coefficient (Wildman–Crippen LogP) is -0.115. The molecule has 7 heteroatoms. The summed E-state index contributed by atoms with van der Waals surface area (Å²) in [5, 5.41) is 8.56. The highest BCUT2D eigenvalue weighted by Gasteiger charge is 2.12. The van der Waals surface area contributed by atoms with E-state index in [-0.39, 0.29) is 18.9 Å². The molecular formula is C11H15NO5S. The lowest BCUT2D eigenvalue weighted by molar-refractivity contribution is 0.0600. The van der Waals surface area contributed by atoms with Crippen LogP contribution in [0.25, 0.3) is 0 Å². The molecule has 2 N–H and O–H groups in total. The summed E-state index contributed by atoms with van der Waals surface area (Å²) in [6, 6.07) is 6.20. The minimum atomic E-state index is -3.51. The molecule has 1 aromatic carbocycles. The summed E-state index contributed by atoms with van der Waals surface area (Å²) in [6.07, 6.45) is 0. The van der Waals surface area contributed by atoms with Crippen molar-refractivity contribution in [1.29, 1.82) is 0 Å². The molecule has 0 spiro atoms. The molecule has 0 bridgehead atoms. The Morgan fingerprint density at radius 2 is 2.17 bits per heavy atom. The molecule has 6 nitrogen and oxygen atoms in total. The second-order valence-electron chi connectivity index (χ2n) is 3.57. The van der Waals surface area contributed by atoms with Gasteiger partial charge in [-0.1, -0.05) is 12.1 Å². The Morgan fingerprint density at radius 3 is 2.78 bits per heavy atom. The molecule has 0 radical (unpaired) electrons. The quantitative estimate of drug-likeness (QED) is 0.705. The van der Waals surface area contributed by atoms with Gasteiger partial charge >= 0.3 is 5.97 Å². The average molecular weight is 273 g/mol. The van der Waals surface area contributed by atoms with E-state index >= 15 is 0 Å². The number of hydrogen-bond acceptors (Lipinski definition) is 5. The van der Waals surface area contributed by atoms with Crippen LogP contribution < -0.4 is 4.72 Å². The van der Waals surface area contributed by atoms with Gasteiger partial charge in [0.15, 0.2) is 0 Å². The van der Waals surface area contributed by atoms with Crippen LogP contribution in [0.15, 0.2) is 24.3 Å². The van der Waals surface area contributed by atoms with Gasteiger partial charge in [-0.05, 0) is 17.7 Å². The number of hydrogen-bond donors (Lipinski definition) is 2. The van der Waals surface area contributed by atoms with Gasteiger partial charge in [-0.15, -0.1) is 0 Å². The van der Waals surface area contributed by atoms with Gasteiger partial charge < -0.3 is 9.84 Å². The lowest BCUT2D eigenvalue weighted by Gasteiger charge is -2.06. The van der Waals surface area contributed by atoms with Gasteiger partial charge in [0.2, 0.25) is 10.0 Å². The van der Waals surface area contributed by atoms with Crippen LogP contribution >= 0.6 is 0 Å². The van der Waals surface area contributed by atoms with Crippen molar-refractivity contribution in [2.45, 2.75) is 5.75 Å². The molecule has 0 heterocycles. The number of aliphatic hydroxyl groups excluding tert-OH is 1. The van der Waals surface area contributed by atoms with Crippen molar-refractivity contribution in [3.8, 4) is 0 Å². The van der Waals surface area contributed by atoms with Crippen molar-refractivity contribution < 1.29 is 23.1 Å². The summed E-state index contributed by atoms with van der Waals surface area (Å²) < 4.78 is 29.9. The van der Waals surface area contributed by atoms with Crippen LogP contribution in [0.5, 0.6) is 0 Å². The molecule has 1 rings (SSSR count). The first kappa shape index (κ1) is 14.6. The number of nitrogens with one attached hydrogen (secondary N) is 1. The molecule has 0 atom stereocenters. The molecule has 1 aromatic rings. The molecule has 0 amide bonds. The molecular weight excluding hydrogens is 258 g/mol. The van der Waals surface area contributed by atoms with Crippen LogP contribution in [-0.4, -0.2) is 39.8 Å². The monoisotopic (exact) mass is 273 g/mol. The van der Waals surface area contributed by atoms with E-state index in [0.717, 1.165) is 0 Å². The first-order valence-electron chi connectivity index (χ1n) is 5.24. The molecule has 0 saturated heterocycles. The minimum absolute atomic E-state index is 0.0287. The Bertz CT molecular complexity index is 512. The molecule has 0 aliphatic heterocycles. The Balaban J connectivity index is 2.82. The standard InChI is InChI=1S/C11H15NO5S/c1-17-11(14)10-4-2-3-9(7-10)8-18(15,16)12-5-6-13/h2-4,7,12-13H,5-6,8H2,1H3. The summed E-state index contributed by atoms with van der Waals surface area (Å²) in [6.45, 7) is -0.291. The van der Waals surface area contributed by atoms with Crippen molar-refractivity contribution in [1.82, 2.24) is 4.72 Å². The number of carbonyl (C=O) groups excluding carboxylic acids is 1. The van der Waals surface area contributed by atoms with Crippen molar-refractivity contribution in [3.63, 3.8) is 0 Å². The summed E-state index contributed by atoms with van der Waals surface area (Å²) in [4.78, 5) is 11.3. The van der Waals surface area contributed by atoms with Gasteiger partial charge in [-0.25, -0.2) is 17.9 Å². The molecule has 0 aromatic heterocycles. The highest BCUT2D eigenvalue weighted by molar-refractivity contribution is 7.88. The highest BCUT2D eigenvalue weighted by atomic mass is 32.2. The minimum Gasteiger partial charge on any atom is -0.465 e. The lowest BCUT2D eigenvalue weighted by atomic mass is 10.1. The molecule has 0 unspecified atom stereocenters. The van der Waals surface area contributed by atoms with E-state index in [1.54, 1.807) is 18.2 Å². The third-order valence-corrected chi connectivity index (χ3v) is 3.50. The molecule has 18 heavy (non-hydrogen) atoms. The highest BCUT2D eigenvalue weighted by Crippen LogP contribution is 2.09. The van der Waals surface area contributed by atoms with Crippen LogP contribution in [0.2, 0.25) is 0 Å². The maximum absolute atomic E-state index is 11.6. The molecule has 100 valence electrons. The van der Waals surface area contributed by atoms with E-state index in [9.17, 15) is 13.2 Å². The van der Waals surface area contributed by atoms with E-state index < -0.39 is 16.0 Å². The van der Waals surface area contributed by atoms with Crippen LogP contribution in [-0.2, 0) is 20.5 Å². The smallest absolute Gasteiger partial charge is 0.337 e. The summed E-state index contributed by atoms with van der Waals surface area (Å²) >= 11 is 0. The number of methoxy groups -OCH3 is 1. The van der Waals surface area contributed by atoms with Crippen molar-refractivity contribution in [2.24, 2.45) is 0 Å². The number of benzene rings is 1. The lowest BCUT2D eigenvalue weighted by Crippen LogP contribution is -2.27. The van der Waals surface area contributed by atoms with E-state index in [0.29, 0.717) is 11.1 Å². The average Bonchev–Trinajstić information content (AvgIpc) is 2.35. The number of sulfonamides is 1. The zero-order chi connectivity index (χ0) is 13.6. The number of carbonyl (C=O) groups is 1. The second kappa shape index (κ2) is 6.48. The normalized spacial score (nSPS) is 11.2. The zero-order valence-corrected chi connectivity index (χ0v) is 10.7. The SMILES string of the molecule is COC(=O)c1cccc(CS(=O)(=O)NCCO)c1. The molecule has 0 saturated carbocycles. The fraction of sp³-hybridized carbons (Fsp3) is 0.364. The number of ether oxygens (including phenoxy) is 1. The Morgan fingerprint density at radius 1 is 1.44 bits per heavy atom. The van der Waals surface area contributed by atoms with Crippen LogP contribution in [0.4, 0.5) is 0 Å². The first-order valence-corrected chi connectivity index (χ1v) is 6.89. The van der Waals surface area contributed by atoms with Crippen LogP contribution in [0.1, 0.15) is 15.9 Å². The van der Waals surface area contributed by atoms with Gasteiger partial charge in [0.05, 0.1) is 25.0 Å². The van der Waals surface area contributed by atoms with Gasteiger partial charge in [-0.2, -0.15) is 0 Å². The van der Waals surface area contributed by atoms with E-state index in [1.165, 1.54) is 13.2 Å². The predicted molar refractivity (Wildman–Crippen MR) is 65.5 cm³/mol. The maximum Gasteiger partial charge on any atom is 0.337 e. The van der Waals surface area contributed by atoms with Gasteiger partial charge in [0, 0.05) is 6.54 Å². The Labute approximate surface area is 106 Å². The summed E-state index contributed by atoms with van der Waals surface area (Å²) in [5.41, 5.74) is 0.774. The third kappa shape index (κ3) is 4.44. The van der Waals surface area contributed by atoms with E-state index in [1.807, 2.05) is 0 Å². The van der Waals surface area contributed by atoms with Crippen molar-refractivity contribution in [3.05, 3.63) is 35.4 Å². The van der Waals surface area contributed by atoms with Crippen LogP contribution in [0, 0.1) is 0 Å². The summed E-state index contributed by atoms with van der Waals surface area (Å²) in [5.74, 6) is -0.768. The topological polar surface area (TPSA) is 92.7 Å². The van der Waals surface area contributed by atoms with Gasteiger partial charge in [0.1, 0.15) is 0 Å². The zero-order valence-electron chi connectivity index (χ0n) is 9.92. The van der Waals surface area contributed by atoms with Gasteiger partial charge in [-0.3, -0.25) is 0 Å². The number of esters is 1. The Hall–Kier alpha value is -1.44. The fourth-order valence-corrected chi connectivity index (χ4v) is 2.50. The fourth-order valence-electron chi connectivity index (χ4n) is 1.38. The van der Waals surface area contributed by atoms with Crippen molar-refractivity contribution in [2.75, 3.05) is 20.3 Å². The number of aliphatic hydroxyl groups is 1. The summed E-state index contributed by atoms with van der Waals surface area (Å²) in [7, 11) is -2.25. The van der Waals surface area contributed by atoms with Crippen molar-refractivity contribution >= 4 is 16.0 Å². The number of rotatable bonds is 6. The van der Waals surface area contributed by atoms with E-state index in [4.69, 9.17) is 5.11 Å². The van der Waals surface area contributed by atoms with Gasteiger partial charge in [0.25, 0.3) is 0 Å². The largest absolute Gasteiger partial charge is 0.465 e. The first-order chi connectivity index (χ1) is 8.48. The molecule has 0 fully saturated rings. The Kier molecular flexibility index (Phi) is 5.26. The molecule has 0 aliphatic carbocycles. The second-order valence-corrected chi connectivity index (χ2v) is 5.38. The molecule has 0 aliphatic rings.